The number of hydrogen-bond donors (Lipinski definition) is 0. The van der Waals surface area contributed by atoms with Crippen LogP contribution in [0, 0.1) is 5.92 Å². The van der Waals surface area contributed by atoms with Crippen molar-refractivity contribution in [3.05, 3.63) is 0 Å². The van der Waals surface area contributed by atoms with Crippen LogP contribution in [0.5, 0.6) is 0 Å². The van der Waals surface area contributed by atoms with Crippen molar-refractivity contribution in [1.29, 1.82) is 0 Å². The van der Waals surface area contributed by atoms with E-state index in [1.165, 1.54) is 71.3 Å². The number of nitrogens with zero attached hydrogens (tertiary/aromatic N) is 1. The van der Waals surface area contributed by atoms with Crippen molar-refractivity contribution in [1.82, 2.24) is 0 Å². The second kappa shape index (κ2) is 20.0. The lowest BCUT2D eigenvalue weighted by Crippen LogP contribution is -2.38. The van der Waals surface area contributed by atoms with Gasteiger partial charge in [-0.1, -0.05) is 97.3 Å². The van der Waals surface area contributed by atoms with Gasteiger partial charge in [0, 0.05) is 13.0 Å². The third-order valence-corrected chi connectivity index (χ3v) is 9.53. The third-order valence-electron chi connectivity index (χ3n) is 6.28. The summed E-state index contributed by atoms with van der Waals surface area (Å²) in [6.07, 6.45) is 16.5. The molecule has 0 aliphatic heterocycles. The van der Waals surface area contributed by atoms with Gasteiger partial charge in [0.15, 0.2) is 15.3 Å². The highest BCUT2D eigenvalue weighted by atomic mass is 32.2. The Morgan fingerprint density at radius 1 is 0.833 bits per heavy atom. The van der Waals surface area contributed by atoms with Crippen LogP contribution in [-0.4, -0.2) is 72.1 Å². The lowest BCUT2D eigenvalue weighted by molar-refractivity contribution is -0.870. The molecule has 0 aromatic rings. The van der Waals surface area contributed by atoms with Gasteiger partial charge in [-0.3, -0.25) is 9.09 Å². The summed E-state index contributed by atoms with van der Waals surface area (Å²) < 4.78 is 53.9. The average molecular weight is 558 g/mol. The van der Waals surface area contributed by atoms with E-state index >= 15 is 0 Å². The Kier molecular flexibility index (Phi) is 20.0. The molecule has 0 saturated heterocycles. The SMILES string of the molecule is CCCCCCCCCCCCCCCCS(=O)(=O)C(OP(=O)([O-])OCC[N+](C)(C)C)C(C)COC. The van der Waals surface area contributed by atoms with Gasteiger partial charge in [-0.15, -0.1) is 0 Å². The maximum Gasteiger partial charge on any atom is 0.269 e. The summed E-state index contributed by atoms with van der Waals surface area (Å²) in [5, 5.41) is 0. The van der Waals surface area contributed by atoms with E-state index in [1.807, 2.05) is 21.1 Å². The van der Waals surface area contributed by atoms with Crippen LogP contribution in [0.4, 0.5) is 0 Å². The van der Waals surface area contributed by atoms with Crippen molar-refractivity contribution in [3.8, 4) is 0 Å². The Bertz CT molecular complexity index is 682. The first kappa shape index (κ1) is 36.0. The molecule has 0 spiro atoms. The first-order valence-corrected chi connectivity index (χ1v) is 17.2. The second-order valence-corrected chi connectivity index (χ2v) is 14.7. The maximum atomic E-state index is 13.0. The Hall–Kier alpha value is -0.0200. The molecule has 36 heavy (non-hydrogen) atoms. The van der Waals surface area contributed by atoms with Gasteiger partial charge in [-0.05, 0) is 6.42 Å². The molecule has 0 amide bonds. The van der Waals surface area contributed by atoms with E-state index in [0.717, 1.165) is 19.3 Å². The first-order valence-electron chi connectivity index (χ1n) is 14.0. The number of ether oxygens (including phenoxy) is 1. The quantitative estimate of drug-likeness (QED) is 0.0806. The summed E-state index contributed by atoms with van der Waals surface area (Å²) in [4.78, 5) is 12.4. The van der Waals surface area contributed by atoms with Crippen LogP contribution in [0.25, 0.3) is 0 Å². The molecule has 218 valence electrons. The molecule has 0 fully saturated rings. The number of sulfone groups is 1. The summed E-state index contributed by atoms with van der Waals surface area (Å²) >= 11 is 0. The summed E-state index contributed by atoms with van der Waals surface area (Å²) in [5.41, 5.74) is -1.51. The highest BCUT2D eigenvalue weighted by molar-refractivity contribution is 7.92. The first-order chi connectivity index (χ1) is 16.8. The number of phosphoric ester groups is 1. The maximum absolute atomic E-state index is 13.0. The minimum absolute atomic E-state index is 0.0709. The van der Waals surface area contributed by atoms with E-state index in [-0.39, 0.29) is 19.0 Å². The molecule has 0 rings (SSSR count). The number of unbranched alkanes of at least 4 members (excludes halogenated alkanes) is 13. The molecule has 0 aromatic heterocycles. The van der Waals surface area contributed by atoms with Crippen molar-refractivity contribution in [2.45, 2.75) is 109 Å². The molecule has 8 nitrogen and oxygen atoms in total. The van der Waals surface area contributed by atoms with Gasteiger partial charge in [0.05, 0.1) is 33.5 Å². The number of quaternary nitrogens is 1. The van der Waals surface area contributed by atoms with Gasteiger partial charge in [-0.25, -0.2) is 8.42 Å². The fourth-order valence-corrected chi connectivity index (χ4v) is 7.36. The van der Waals surface area contributed by atoms with Crippen LogP contribution in [0.15, 0.2) is 0 Å². The average Bonchev–Trinajstić information content (AvgIpc) is 2.76. The second-order valence-electron chi connectivity index (χ2n) is 11.2. The minimum Gasteiger partial charge on any atom is -0.756 e. The smallest absolute Gasteiger partial charge is 0.269 e. The Morgan fingerprint density at radius 2 is 1.28 bits per heavy atom. The van der Waals surface area contributed by atoms with Crippen LogP contribution in [0.1, 0.15) is 104 Å². The summed E-state index contributed by atoms with van der Waals surface area (Å²) in [5.74, 6) is -0.751. The van der Waals surface area contributed by atoms with Crippen molar-refractivity contribution >= 4 is 17.7 Å². The number of methoxy groups -OCH3 is 1. The Labute approximate surface area is 222 Å². The molecule has 0 aliphatic carbocycles. The fraction of sp³-hybridized carbons (Fsp3) is 1.00. The zero-order valence-electron chi connectivity index (χ0n) is 24.0. The van der Waals surface area contributed by atoms with Crippen LogP contribution in [0.3, 0.4) is 0 Å². The molecule has 3 atom stereocenters. The van der Waals surface area contributed by atoms with Gasteiger partial charge in [0.1, 0.15) is 13.2 Å². The molecule has 0 radical (unpaired) electrons. The number of hydrogen-bond acceptors (Lipinski definition) is 7. The zero-order chi connectivity index (χ0) is 27.5. The third kappa shape index (κ3) is 20.0. The Balaban J connectivity index is 4.35. The predicted molar refractivity (Wildman–Crippen MR) is 146 cm³/mol. The van der Waals surface area contributed by atoms with Crippen molar-refractivity contribution in [2.75, 3.05) is 53.8 Å². The molecular weight excluding hydrogens is 501 g/mol. The molecule has 0 bridgehead atoms. The standard InChI is InChI=1S/C26H56NO7PS/c1-7-8-9-10-11-12-13-14-15-16-17-18-19-20-23-36(30,31)26(25(2)24-32-6)34-35(28,29)33-22-21-27(3,4)5/h25-26H,7-24H2,1-6H3. The molecule has 0 heterocycles. The summed E-state index contributed by atoms with van der Waals surface area (Å²) in [6.45, 7) is 4.30. The molecule has 0 aliphatic rings. The van der Waals surface area contributed by atoms with E-state index in [2.05, 4.69) is 6.92 Å². The lowest BCUT2D eigenvalue weighted by atomic mass is 10.0. The van der Waals surface area contributed by atoms with Crippen molar-refractivity contribution < 1.29 is 36.1 Å². The number of phosphoric acid groups is 1. The molecule has 10 heteroatoms. The normalized spacial score (nSPS) is 16.1. The van der Waals surface area contributed by atoms with Crippen LogP contribution >= 0.6 is 7.82 Å². The monoisotopic (exact) mass is 557 g/mol. The zero-order valence-corrected chi connectivity index (χ0v) is 25.8. The largest absolute Gasteiger partial charge is 0.756 e. The summed E-state index contributed by atoms with van der Waals surface area (Å²) in [6, 6.07) is 0. The van der Waals surface area contributed by atoms with E-state index in [9.17, 15) is 17.9 Å². The van der Waals surface area contributed by atoms with Gasteiger partial charge in [-0.2, -0.15) is 0 Å². The predicted octanol–water partition coefficient (Wildman–Crippen LogP) is 5.70. The van der Waals surface area contributed by atoms with E-state index < -0.39 is 29.0 Å². The van der Waals surface area contributed by atoms with Gasteiger partial charge >= 0.3 is 0 Å². The highest BCUT2D eigenvalue weighted by Crippen LogP contribution is 2.42. The van der Waals surface area contributed by atoms with E-state index in [1.54, 1.807) is 6.92 Å². The number of likely N-dealkylation sites (N-methyl/N-ethyl adjacent to an activating group) is 1. The van der Waals surface area contributed by atoms with Gasteiger partial charge in [0.2, 0.25) is 0 Å². The van der Waals surface area contributed by atoms with Gasteiger partial charge in [0.25, 0.3) is 7.82 Å². The van der Waals surface area contributed by atoms with Gasteiger partial charge < -0.3 is 18.6 Å². The minimum atomic E-state index is -4.78. The molecule has 3 unspecified atom stereocenters. The molecular formula is C26H56NO7PS. The molecule has 0 saturated carbocycles. The van der Waals surface area contributed by atoms with E-state index in [4.69, 9.17) is 13.8 Å². The summed E-state index contributed by atoms with van der Waals surface area (Å²) in [7, 11) is -1.41. The van der Waals surface area contributed by atoms with Crippen LogP contribution in [0.2, 0.25) is 0 Å². The van der Waals surface area contributed by atoms with Crippen molar-refractivity contribution in [3.63, 3.8) is 0 Å². The fourth-order valence-electron chi connectivity index (χ4n) is 4.06. The lowest BCUT2D eigenvalue weighted by Gasteiger charge is -2.32. The van der Waals surface area contributed by atoms with Crippen molar-refractivity contribution in [2.24, 2.45) is 5.92 Å². The number of rotatable bonds is 25. The molecule has 0 aromatic carbocycles. The topological polar surface area (TPSA) is 102 Å². The van der Waals surface area contributed by atoms with E-state index in [0.29, 0.717) is 17.4 Å². The van der Waals surface area contributed by atoms with Crippen LogP contribution in [-0.2, 0) is 28.2 Å². The highest BCUT2D eigenvalue weighted by Gasteiger charge is 2.35. The molecule has 0 N–H and O–H groups in total. The van der Waals surface area contributed by atoms with Crippen LogP contribution < -0.4 is 4.89 Å². The Morgan fingerprint density at radius 3 is 1.69 bits per heavy atom.